The maximum atomic E-state index is 11.2. The minimum absolute atomic E-state index is 0.0972. The normalized spacial score (nSPS) is 22.8. The molecule has 0 saturated carbocycles. The van der Waals surface area contributed by atoms with E-state index in [0.717, 1.165) is 15.8 Å². The summed E-state index contributed by atoms with van der Waals surface area (Å²) < 4.78 is 6.33. The van der Waals surface area contributed by atoms with Gasteiger partial charge in [-0.3, -0.25) is 4.79 Å². The van der Waals surface area contributed by atoms with E-state index in [4.69, 9.17) is 4.74 Å². The van der Waals surface area contributed by atoms with Crippen molar-refractivity contribution in [2.45, 2.75) is 20.3 Å². The van der Waals surface area contributed by atoms with Gasteiger partial charge in [-0.2, -0.15) is 0 Å². The molecule has 0 saturated heterocycles. The summed E-state index contributed by atoms with van der Waals surface area (Å²) in [6.45, 7) is 3.59. The third-order valence-electron chi connectivity index (χ3n) is 2.25. The average molecular weight is 245 g/mol. The largest absolute Gasteiger partial charge is 0.500 e. The number of hydrogen-bond acceptors (Lipinski definition) is 2. The number of carbonyl (C=O) groups excluding carboxylic acids is 1. The predicted molar refractivity (Wildman–Crippen MR) is 55.5 cm³/mol. The van der Waals surface area contributed by atoms with Gasteiger partial charge in [0, 0.05) is 16.0 Å². The average Bonchev–Trinajstić information content (AvgIpc) is 2.09. The number of hydrogen-bond donors (Lipinski definition) is 0. The molecule has 72 valence electrons. The molecule has 3 heteroatoms. The number of ether oxygens (including phenoxy) is 1. The summed E-state index contributed by atoms with van der Waals surface area (Å²) in [4.78, 5) is 11.2. The molecule has 0 heterocycles. The molecule has 0 spiro atoms. The Bertz CT molecular complexity index is 289. The summed E-state index contributed by atoms with van der Waals surface area (Å²) in [7, 11) is 1.61. The highest BCUT2D eigenvalue weighted by Gasteiger charge is 2.23. The molecule has 0 radical (unpaired) electrons. The lowest BCUT2D eigenvalue weighted by molar-refractivity contribution is -0.114. The Balaban J connectivity index is 3.04. The monoisotopic (exact) mass is 244 g/mol. The maximum Gasteiger partial charge on any atom is 0.159 e. The van der Waals surface area contributed by atoms with Crippen LogP contribution in [-0.4, -0.2) is 12.9 Å². The topological polar surface area (TPSA) is 26.3 Å². The Morgan fingerprint density at radius 2 is 2.31 bits per heavy atom. The van der Waals surface area contributed by atoms with Crippen LogP contribution >= 0.6 is 15.9 Å². The van der Waals surface area contributed by atoms with Crippen molar-refractivity contribution < 1.29 is 9.53 Å². The van der Waals surface area contributed by atoms with Gasteiger partial charge in [0.2, 0.25) is 0 Å². The number of methoxy groups -OCH3 is 1. The van der Waals surface area contributed by atoms with Gasteiger partial charge >= 0.3 is 0 Å². The summed E-state index contributed by atoms with van der Waals surface area (Å²) in [6.07, 6.45) is 2.69. The zero-order valence-corrected chi connectivity index (χ0v) is 9.64. The zero-order chi connectivity index (χ0) is 10.0. The van der Waals surface area contributed by atoms with Crippen LogP contribution in [0.25, 0.3) is 0 Å². The third-order valence-corrected chi connectivity index (χ3v) is 3.26. The first-order chi connectivity index (χ1) is 6.07. The first kappa shape index (κ1) is 10.5. The fraction of sp³-hybridized carbons (Fsp3) is 0.500. The molecular weight excluding hydrogens is 232 g/mol. The van der Waals surface area contributed by atoms with Crippen LogP contribution in [0.2, 0.25) is 0 Å². The molecule has 0 bridgehead atoms. The van der Waals surface area contributed by atoms with Gasteiger partial charge in [0.05, 0.1) is 7.11 Å². The fourth-order valence-corrected chi connectivity index (χ4v) is 1.85. The van der Waals surface area contributed by atoms with E-state index >= 15 is 0 Å². The van der Waals surface area contributed by atoms with Crippen molar-refractivity contribution in [3.8, 4) is 0 Å². The van der Waals surface area contributed by atoms with E-state index in [1.165, 1.54) is 0 Å². The number of carbonyl (C=O) groups is 1. The van der Waals surface area contributed by atoms with Crippen molar-refractivity contribution in [2.75, 3.05) is 7.11 Å². The molecule has 13 heavy (non-hydrogen) atoms. The Morgan fingerprint density at radius 1 is 1.69 bits per heavy atom. The van der Waals surface area contributed by atoms with Crippen LogP contribution in [0.3, 0.4) is 0 Å². The third kappa shape index (κ3) is 2.02. The van der Waals surface area contributed by atoms with E-state index in [1.807, 2.05) is 13.0 Å². The minimum Gasteiger partial charge on any atom is -0.500 e. The van der Waals surface area contributed by atoms with Crippen LogP contribution in [0.5, 0.6) is 0 Å². The van der Waals surface area contributed by atoms with Crippen molar-refractivity contribution in [2.24, 2.45) is 5.92 Å². The van der Waals surface area contributed by atoms with E-state index in [9.17, 15) is 4.79 Å². The van der Waals surface area contributed by atoms with Gasteiger partial charge < -0.3 is 4.74 Å². The van der Waals surface area contributed by atoms with Crippen LogP contribution in [-0.2, 0) is 9.53 Å². The number of rotatable bonds is 2. The molecule has 2 nitrogen and oxygen atoms in total. The highest BCUT2D eigenvalue weighted by atomic mass is 79.9. The fourth-order valence-electron chi connectivity index (χ4n) is 1.48. The van der Waals surface area contributed by atoms with E-state index < -0.39 is 0 Å². The number of Topliss-reactive ketones (excluding diaryl/α,β-unsaturated/α-hetero) is 1. The lowest BCUT2D eigenvalue weighted by atomic mass is 9.94. The van der Waals surface area contributed by atoms with E-state index in [-0.39, 0.29) is 11.7 Å². The van der Waals surface area contributed by atoms with Crippen LogP contribution in [0.15, 0.2) is 21.9 Å². The molecular formula is C10H13BrO2. The Kier molecular flexibility index (Phi) is 3.31. The van der Waals surface area contributed by atoms with Crippen molar-refractivity contribution in [3.63, 3.8) is 0 Å². The summed E-state index contributed by atoms with van der Waals surface area (Å²) >= 11 is 3.45. The molecule has 0 N–H and O–H groups in total. The second-order valence-electron chi connectivity index (χ2n) is 3.12. The van der Waals surface area contributed by atoms with Gasteiger partial charge in [0.25, 0.3) is 0 Å². The number of allylic oxidation sites excluding steroid dienone is 3. The van der Waals surface area contributed by atoms with Gasteiger partial charge in [-0.25, -0.2) is 0 Å². The quantitative estimate of drug-likeness (QED) is 0.747. The minimum atomic E-state index is 0.0972. The van der Waals surface area contributed by atoms with Crippen molar-refractivity contribution in [3.05, 3.63) is 21.9 Å². The van der Waals surface area contributed by atoms with Gasteiger partial charge in [-0.1, -0.05) is 28.9 Å². The molecule has 1 aliphatic rings. The predicted octanol–water partition coefficient (Wildman–Crippen LogP) is 2.79. The second kappa shape index (κ2) is 4.09. The SMILES string of the molecule is COC1=C(C(C)=O)CC=C(Br)C1C. The summed E-state index contributed by atoms with van der Waals surface area (Å²) in [5.41, 5.74) is 0.790. The number of halogens is 1. The van der Waals surface area contributed by atoms with Crippen LogP contribution in [0.4, 0.5) is 0 Å². The number of ketones is 1. The maximum absolute atomic E-state index is 11.2. The molecule has 0 aromatic heterocycles. The van der Waals surface area contributed by atoms with E-state index in [0.29, 0.717) is 6.42 Å². The van der Waals surface area contributed by atoms with Gasteiger partial charge in [-0.05, 0) is 13.3 Å². The molecule has 1 rings (SSSR count). The molecule has 0 aromatic rings. The smallest absolute Gasteiger partial charge is 0.159 e. The first-order valence-corrected chi connectivity index (χ1v) is 5.00. The van der Waals surface area contributed by atoms with Crippen LogP contribution in [0.1, 0.15) is 20.3 Å². The molecule has 0 fully saturated rings. The van der Waals surface area contributed by atoms with Crippen molar-refractivity contribution in [1.29, 1.82) is 0 Å². The molecule has 0 aliphatic heterocycles. The summed E-state index contributed by atoms with van der Waals surface area (Å²) in [6, 6.07) is 0. The lowest BCUT2D eigenvalue weighted by Gasteiger charge is -2.22. The Morgan fingerprint density at radius 3 is 2.77 bits per heavy atom. The van der Waals surface area contributed by atoms with Gasteiger partial charge in [0.1, 0.15) is 5.76 Å². The second-order valence-corrected chi connectivity index (χ2v) is 4.03. The van der Waals surface area contributed by atoms with Crippen molar-refractivity contribution >= 4 is 21.7 Å². The Labute approximate surface area is 86.8 Å². The van der Waals surface area contributed by atoms with Crippen LogP contribution in [0, 0.1) is 5.92 Å². The van der Waals surface area contributed by atoms with Gasteiger partial charge in [-0.15, -0.1) is 0 Å². The highest BCUT2D eigenvalue weighted by molar-refractivity contribution is 9.11. The summed E-state index contributed by atoms with van der Waals surface area (Å²) in [5, 5.41) is 0. The van der Waals surface area contributed by atoms with E-state index in [2.05, 4.69) is 15.9 Å². The standard InChI is InChI=1S/C10H13BrO2/c1-6-9(11)5-4-8(7(2)12)10(6)13-3/h5-6H,4H2,1-3H3. The summed E-state index contributed by atoms with van der Waals surface area (Å²) in [5.74, 6) is 1.06. The van der Waals surface area contributed by atoms with Gasteiger partial charge in [0.15, 0.2) is 5.78 Å². The Hall–Kier alpha value is -0.570. The molecule has 0 aromatic carbocycles. The molecule has 1 aliphatic carbocycles. The molecule has 1 atom stereocenters. The first-order valence-electron chi connectivity index (χ1n) is 4.21. The van der Waals surface area contributed by atoms with Crippen molar-refractivity contribution in [1.82, 2.24) is 0 Å². The van der Waals surface area contributed by atoms with E-state index in [1.54, 1.807) is 14.0 Å². The molecule has 0 amide bonds. The molecule has 1 unspecified atom stereocenters. The zero-order valence-electron chi connectivity index (χ0n) is 8.06. The lowest BCUT2D eigenvalue weighted by Crippen LogP contribution is -2.13. The highest BCUT2D eigenvalue weighted by Crippen LogP contribution is 2.34. The van der Waals surface area contributed by atoms with Crippen LogP contribution < -0.4 is 0 Å².